The summed E-state index contributed by atoms with van der Waals surface area (Å²) < 4.78 is 0. The fourth-order valence-corrected chi connectivity index (χ4v) is 2.91. The van der Waals surface area contributed by atoms with Crippen LogP contribution in [0.5, 0.6) is 0 Å². The maximum absolute atomic E-state index is 3.82. The van der Waals surface area contributed by atoms with E-state index in [1.165, 1.54) is 44.2 Å². The molecule has 0 bridgehead atoms. The Balaban J connectivity index is 1.89. The van der Waals surface area contributed by atoms with Crippen LogP contribution in [0.15, 0.2) is 43.0 Å². The minimum atomic E-state index is 0.791. The molecule has 1 aliphatic heterocycles. The minimum absolute atomic E-state index is 0.791. The van der Waals surface area contributed by atoms with E-state index in [9.17, 15) is 0 Å². The van der Waals surface area contributed by atoms with Crippen LogP contribution in [0, 0.1) is 0 Å². The van der Waals surface area contributed by atoms with Crippen molar-refractivity contribution in [1.29, 1.82) is 0 Å². The molecule has 1 aromatic rings. The van der Waals surface area contributed by atoms with Crippen LogP contribution in [0.25, 0.3) is 0 Å². The van der Waals surface area contributed by atoms with Gasteiger partial charge < -0.3 is 0 Å². The maximum Gasteiger partial charge on any atom is 0.0236 e. The SMILES string of the molecule is C=CCCCC1CCCCN1Cc1ccccc1. The molecule has 1 fully saturated rings. The molecule has 0 amide bonds. The zero-order chi connectivity index (χ0) is 12.6. The highest BCUT2D eigenvalue weighted by molar-refractivity contribution is 5.14. The highest BCUT2D eigenvalue weighted by Gasteiger charge is 2.21. The molecule has 1 aromatic carbocycles. The van der Waals surface area contributed by atoms with Gasteiger partial charge in [-0.3, -0.25) is 4.90 Å². The summed E-state index contributed by atoms with van der Waals surface area (Å²) in [4.78, 5) is 2.68. The molecule has 0 aliphatic carbocycles. The van der Waals surface area contributed by atoms with Gasteiger partial charge in [0.05, 0.1) is 0 Å². The van der Waals surface area contributed by atoms with E-state index in [-0.39, 0.29) is 0 Å². The van der Waals surface area contributed by atoms with Crippen molar-refractivity contribution in [3.05, 3.63) is 48.6 Å². The van der Waals surface area contributed by atoms with Crippen LogP contribution in [0.4, 0.5) is 0 Å². The van der Waals surface area contributed by atoms with Gasteiger partial charge in [-0.15, -0.1) is 6.58 Å². The zero-order valence-corrected chi connectivity index (χ0v) is 11.4. The molecule has 1 nitrogen and oxygen atoms in total. The Morgan fingerprint density at radius 1 is 1.22 bits per heavy atom. The van der Waals surface area contributed by atoms with Crippen molar-refractivity contribution >= 4 is 0 Å². The number of likely N-dealkylation sites (tertiary alicyclic amines) is 1. The van der Waals surface area contributed by atoms with E-state index in [1.807, 2.05) is 6.08 Å². The van der Waals surface area contributed by atoms with E-state index in [0.29, 0.717) is 0 Å². The second kappa shape index (κ2) is 7.38. The second-order valence-corrected chi connectivity index (χ2v) is 5.33. The van der Waals surface area contributed by atoms with Gasteiger partial charge in [-0.25, -0.2) is 0 Å². The third-order valence-electron chi connectivity index (χ3n) is 3.92. The summed E-state index contributed by atoms with van der Waals surface area (Å²) in [5, 5.41) is 0. The standard InChI is InChI=1S/C17H25N/c1-2-3-5-12-17-13-8-9-14-18(17)15-16-10-6-4-7-11-16/h2,4,6-7,10-11,17H,1,3,5,8-9,12-15H2. The second-order valence-electron chi connectivity index (χ2n) is 5.33. The van der Waals surface area contributed by atoms with Crippen LogP contribution in [0.1, 0.15) is 44.1 Å². The smallest absolute Gasteiger partial charge is 0.0236 e. The summed E-state index contributed by atoms with van der Waals surface area (Å²) in [6, 6.07) is 11.7. The molecule has 0 spiro atoms. The number of piperidine rings is 1. The quantitative estimate of drug-likeness (QED) is 0.529. The number of benzene rings is 1. The summed E-state index contributed by atoms with van der Waals surface area (Å²) in [6.45, 7) is 6.21. The summed E-state index contributed by atoms with van der Waals surface area (Å²) >= 11 is 0. The van der Waals surface area contributed by atoms with Crippen molar-refractivity contribution in [2.75, 3.05) is 6.54 Å². The molecule has 1 saturated heterocycles. The van der Waals surface area contributed by atoms with Crippen LogP contribution in [-0.2, 0) is 6.54 Å². The van der Waals surface area contributed by atoms with Gasteiger partial charge in [-0.1, -0.05) is 42.8 Å². The van der Waals surface area contributed by atoms with Crippen molar-refractivity contribution in [3.63, 3.8) is 0 Å². The first kappa shape index (κ1) is 13.4. The largest absolute Gasteiger partial charge is 0.296 e. The molecular weight excluding hydrogens is 218 g/mol. The fourth-order valence-electron chi connectivity index (χ4n) is 2.91. The monoisotopic (exact) mass is 243 g/mol. The van der Waals surface area contributed by atoms with Crippen LogP contribution in [0.2, 0.25) is 0 Å². The molecule has 1 unspecified atom stereocenters. The van der Waals surface area contributed by atoms with E-state index in [0.717, 1.165) is 19.0 Å². The van der Waals surface area contributed by atoms with E-state index in [4.69, 9.17) is 0 Å². The summed E-state index contributed by atoms with van der Waals surface area (Å²) in [5.74, 6) is 0. The van der Waals surface area contributed by atoms with Crippen molar-refractivity contribution in [2.45, 2.75) is 51.1 Å². The van der Waals surface area contributed by atoms with Crippen molar-refractivity contribution in [1.82, 2.24) is 4.90 Å². The lowest BCUT2D eigenvalue weighted by Crippen LogP contribution is -2.38. The Labute approximate surface area is 112 Å². The Kier molecular flexibility index (Phi) is 5.47. The zero-order valence-electron chi connectivity index (χ0n) is 11.4. The Morgan fingerprint density at radius 2 is 2.06 bits per heavy atom. The number of nitrogens with zero attached hydrogens (tertiary/aromatic N) is 1. The topological polar surface area (TPSA) is 3.24 Å². The number of allylic oxidation sites excluding steroid dienone is 1. The van der Waals surface area contributed by atoms with Crippen molar-refractivity contribution < 1.29 is 0 Å². The van der Waals surface area contributed by atoms with Gasteiger partial charge in [0.1, 0.15) is 0 Å². The van der Waals surface area contributed by atoms with Crippen LogP contribution in [-0.4, -0.2) is 17.5 Å². The highest BCUT2D eigenvalue weighted by Crippen LogP contribution is 2.23. The van der Waals surface area contributed by atoms with Crippen LogP contribution < -0.4 is 0 Å². The average molecular weight is 243 g/mol. The third-order valence-corrected chi connectivity index (χ3v) is 3.92. The van der Waals surface area contributed by atoms with Crippen LogP contribution >= 0.6 is 0 Å². The molecule has 0 saturated carbocycles. The van der Waals surface area contributed by atoms with Crippen molar-refractivity contribution in [2.24, 2.45) is 0 Å². The number of unbranched alkanes of at least 4 members (excludes halogenated alkanes) is 1. The van der Waals surface area contributed by atoms with Crippen molar-refractivity contribution in [3.8, 4) is 0 Å². The predicted octanol–water partition coefficient (Wildman–Crippen LogP) is 4.40. The first-order valence-electron chi connectivity index (χ1n) is 7.29. The predicted molar refractivity (Wildman–Crippen MR) is 78.5 cm³/mol. The summed E-state index contributed by atoms with van der Waals surface area (Å²) in [6.07, 6.45) is 9.98. The normalized spacial score (nSPS) is 20.8. The highest BCUT2D eigenvalue weighted by atomic mass is 15.2. The van der Waals surface area contributed by atoms with Gasteiger partial charge in [-0.2, -0.15) is 0 Å². The molecule has 18 heavy (non-hydrogen) atoms. The lowest BCUT2D eigenvalue weighted by Gasteiger charge is -2.36. The Morgan fingerprint density at radius 3 is 2.83 bits per heavy atom. The lowest BCUT2D eigenvalue weighted by molar-refractivity contribution is 0.130. The lowest BCUT2D eigenvalue weighted by atomic mass is 9.96. The summed E-state index contributed by atoms with van der Waals surface area (Å²) in [7, 11) is 0. The first-order chi connectivity index (χ1) is 8.90. The van der Waals surface area contributed by atoms with E-state index < -0.39 is 0 Å². The molecule has 0 N–H and O–H groups in total. The minimum Gasteiger partial charge on any atom is -0.296 e. The molecule has 2 rings (SSSR count). The van der Waals surface area contributed by atoms with Gasteiger partial charge in [-0.05, 0) is 44.2 Å². The number of hydrogen-bond acceptors (Lipinski definition) is 1. The number of rotatable bonds is 6. The molecular formula is C17H25N. The first-order valence-corrected chi connectivity index (χ1v) is 7.29. The van der Waals surface area contributed by atoms with Gasteiger partial charge in [0, 0.05) is 12.6 Å². The van der Waals surface area contributed by atoms with E-state index >= 15 is 0 Å². The molecule has 1 aliphatic rings. The fraction of sp³-hybridized carbons (Fsp3) is 0.529. The number of hydrogen-bond donors (Lipinski definition) is 0. The van der Waals surface area contributed by atoms with Gasteiger partial charge in [0.2, 0.25) is 0 Å². The maximum atomic E-state index is 3.82. The molecule has 0 radical (unpaired) electrons. The molecule has 0 aromatic heterocycles. The van der Waals surface area contributed by atoms with Gasteiger partial charge in [0.15, 0.2) is 0 Å². The molecule has 1 heterocycles. The molecule has 1 heteroatoms. The van der Waals surface area contributed by atoms with E-state index in [1.54, 1.807) is 0 Å². The van der Waals surface area contributed by atoms with Crippen LogP contribution in [0.3, 0.4) is 0 Å². The van der Waals surface area contributed by atoms with Gasteiger partial charge >= 0.3 is 0 Å². The summed E-state index contributed by atoms with van der Waals surface area (Å²) in [5.41, 5.74) is 1.45. The van der Waals surface area contributed by atoms with E-state index in [2.05, 4.69) is 41.8 Å². The third kappa shape index (κ3) is 3.99. The molecule has 98 valence electrons. The molecule has 1 atom stereocenters. The Bertz CT molecular complexity index is 344. The van der Waals surface area contributed by atoms with Gasteiger partial charge in [0.25, 0.3) is 0 Å². The average Bonchev–Trinajstić information content (AvgIpc) is 2.42. The Hall–Kier alpha value is -1.08.